The summed E-state index contributed by atoms with van der Waals surface area (Å²) in [5, 5.41) is 14.9. The number of carbonyl (C=O) groups is 1. The summed E-state index contributed by atoms with van der Waals surface area (Å²) in [7, 11) is 0. The summed E-state index contributed by atoms with van der Waals surface area (Å²) in [5.74, 6) is 1.34. The molecule has 6 heteroatoms. The monoisotopic (exact) mass is 478 g/mol. The SMILES string of the molecule is Cc1ccc(-n2c(CNC(=O)c3ccc4ccccc4c3)nnc2SCc2cccc(C)c2)cc1. The van der Waals surface area contributed by atoms with Gasteiger partial charge < -0.3 is 5.32 Å². The maximum atomic E-state index is 12.9. The number of nitrogens with one attached hydrogen (secondary N) is 1. The van der Waals surface area contributed by atoms with Gasteiger partial charge in [-0.05, 0) is 54.4 Å². The van der Waals surface area contributed by atoms with E-state index in [9.17, 15) is 4.79 Å². The van der Waals surface area contributed by atoms with Crippen LogP contribution in [0.4, 0.5) is 0 Å². The Kier molecular flexibility index (Phi) is 6.64. The highest BCUT2D eigenvalue weighted by Crippen LogP contribution is 2.26. The Morgan fingerprint density at radius 1 is 0.829 bits per heavy atom. The van der Waals surface area contributed by atoms with Gasteiger partial charge in [0.05, 0.1) is 6.54 Å². The van der Waals surface area contributed by atoms with E-state index in [4.69, 9.17) is 0 Å². The molecule has 0 fully saturated rings. The van der Waals surface area contributed by atoms with Gasteiger partial charge in [0.15, 0.2) is 11.0 Å². The molecule has 0 atom stereocenters. The minimum absolute atomic E-state index is 0.136. The molecule has 0 aliphatic heterocycles. The van der Waals surface area contributed by atoms with Crippen molar-refractivity contribution in [2.75, 3.05) is 0 Å². The molecule has 1 amide bonds. The van der Waals surface area contributed by atoms with Crippen LogP contribution in [-0.4, -0.2) is 20.7 Å². The molecule has 1 N–H and O–H groups in total. The number of carbonyl (C=O) groups excluding carboxylic acids is 1. The molecule has 0 bridgehead atoms. The summed E-state index contributed by atoms with van der Waals surface area (Å²) < 4.78 is 2.03. The molecular formula is C29H26N4OS. The van der Waals surface area contributed by atoms with Crippen molar-refractivity contribution < 1.29 is 4.79 Å². The van der Waals surface area contributed by atoms with Crippen molar-refractivity contribution in [1.82, 2.24) is 20.1 Å². The molecule has 5 nitrogen and oxygen atoms in total. The van der Waals surface area contributed by atoms with E-state index in [1.807, 2.05) is 47.0 Å². The van der Waals surface area contributed by atoms with E-state index < -0.39 is 0 Å². The Morgan fingerprint density at radius 3 is 2.43 bits per heavy atom. The summed E-state index contributed by atoms with van der Waals surface area (Å²) in [6, 6.07) is 30.5. The van der Waals surface area contributed by atoms with Crippen LogP contribution >= 0.6 is 11.8 Å². The van der Waals surface area contributed by atoms with Gasteiger partial charge in [-0.15, -0.1) is 10.2 Å². The van der Waals surface area contributed by atoms with Gasteiger partial charge in [-0.1, -0.05) is 89.6 Å². The lowest BCUT2D eigenvalue weighted by atomic mass is 10.1. The van der Waals surface area contributed by atoms with Crippen LogP contribution in [0, 0.1) is 13.8 Å². The molecule has 0 radical (unpaired) electrons. The second-order valence-corrected chi connectivity index (χ2v) is 9.53. The Balaban J connectivity index is 1.38. The third kappa shape index (κ3) is 5.28. The Labute approximate surface area is 209 Å². The number of aryl methyl sites for hydroxylation is 2. The fourth-order valence-electron chi connectivity index (χ4n) is 4.00. The molecule has 1 aromatic heterocycles. The number of hydrogen-bond acceptors (Lipinski definition) is 4. The predicted octanol–water partition coefficient (Wildman–Crippen LogP) is 6.26. The van der Waals surface area contributed by atoms with Crippen LogP contribution in [0.3, 0.4) is 0 Å². The normalized spacial score (nSPS) is 11.0. The van der Waals surface area contributed by atoms with Crippen molar-refractivity contribution in [3.8, 4) is 5.69 Å². The van der Waals surface area contributed by atoms with Gasteiger partial charge in [0.25, 0.3) is 5.91 Å². The Bertz CT molecular complexity index is 1490. The molecule has 5 rings (SSSR count). The minimum atomic E-state index is -0.136. The van der Waals surface area contributed by atoms with Crippen molar-refractivity contribution in [3.05, 3.63) is 119 Å². The first-order valence-corrected chi connectivity index (χ1v) is 12.5. The van der Waals surface area contributed by atoms with Crippen molar-refractivity contribution in [2.24, 2.45) is 0 Å². The molecular weight excluding hydrogens is 452 g/mol. The van der Waals surface area contributed by atoms with Gasteiger partial charge >= 0.3 is 0 Å². The quantitative estimate of drug-likeness (QED) is 0.281. The van der Waals surface area contributed by atoms with Crippen molar-refractivity contribution >= 4 is 28.4 Å². The second kappa shape index (κ2) is 10.2. The van der Waals surface area contributed by atoms with Crippen LogP contribution in [0.1, 0.15) is 32.9 Å². The molecule has 0 aliphatic rings. The van der Waals surface area contributed by atoms with Crippen LogP contribution in [0.2, 0.25) is 0 Å². The first-order chi connectivity index (χ1) is 17.1. The van der Waals surface area contributed by atoms with Crippen molar-refractivity contribution in [1.29, 1.82) is 0 Å². The third-order valence-corrected chi connectivity index (χ3v) is 6.86. The number of hydrogen-bond donors (Lipinski definition) is 1. The number of thioether (sulfide) groups is 1. The van der Waals surface area contributed by atoms with Gasteiger partial charge in [0, 0.05) is 17.0 Å². The first kappa shape index (κ1) is 22.9. The number of nitrogens with zero attached hydrogens (tertiary/aromatic N) is 3. The molecule has 35 heavy (non-hydrogen) atoms. The summed E-state index contributed by atoms with van der Waals surface area (Å²) in [4.78, 5) is 12.9. The zero-order valence-corrected chi connectivity index (χ0v) is 20.5. The van der Waals surface area contributed by atoms with Gasteiger partial charge in [-0.2, -0.15) is 0 Å². The largest absolute Gasteiger partial charge is 0.345 e. The van der Waals surface area contributed by atoms with E-state index in [1.165, 1.54) is 16.7 Å². The molecule has 174 valence electrons. The highest BCUT2D eigenvalue weighted by molar-refractivity contribution is 7.98. The van der Waals surface area contributed by atoms with E-state index in [0.717, 1.165) is 27.4 Å². The molecule has 0 unspecified atom stereocenters. The fraction of sp³-hybridized carbons (Fsp3) is 0.138. The molecule has 1 heterocycles. The lowest BCUT2D eigenvalue weighted by Crippen LogP contribution is -2.24. The number of rotatable bonds is 7. The maximum absolute atomic E-state index is 12.9. The third-order valence-electron chi connectivity index (χ3n) is 5.86. The van der Waals surface area contributed by atoms with Gasteiger partial charge in [-0.3, -0.25) is 9.36 Å². The van der Waals surface area contributed by atoms with Crippen LogP contribution in [0.25, 0.3) is 16.5 Å². The van der Waals surface area contributed by atoms with E-state index >= 15 is 0 Å². The highest BCUT2D eigenvalue weighted by atomic mass is 32.2. The zero-order valence-electron chi connectivity index (χ0n) is 19.7. The summed E-state index contributed by atoms with van der Waals surface area (Å²) >= 11 is 1.64. The van der Waals surface area contributed by atoms with Crippen LogP contribution in [-0.2, 0) is 12.3 Å². The Morgan fingerprint density at radius 2 is 1.63 bits per heavy atom. The lowest BCUT2D eigenvalue weighted by molar-refractivity contribution is 0.0950. The average molecular weight is 479 g/mol. The van der Waals surface area contributed by atoms with Crippen LogP contribution < -0.4 is 5.32 Å². The summed E-state index contributed by atoms with van der Waals surface area (Å²) in [6.45, 7) is 4.44. The Hall–Kier alpha value is -3.90. The van der Waals surface area contributed by atoms with E-state index in [1.54, 1.807) is 11.8 Å². The maximum Gasteiger partial charge on any atom is 0.251 e. The topological polar surface area (TPSA) is 59.8 Å². The second-order valence-electron chi connectivity index (χ2n) is 8.59. The van der Waals surface area contributed by atoms with Crippen molar-refractivity contribution in [3.63, 3.8) is 0 Å². The van der Waals surface area contributed by atoms with Crippen molar-refractivity contribution in [2.45, 2.75) is 31.3 Å². The van der Waals surface area contributed by atoms with E-state index in [2.05, 4.69) is 77.9 Å². The average Bonchev–Trinajstić information content (AvgIpc) is 3.29. The smallest absolute Gasteiger partial charge is 0.251 e. The standard InChI is InChI=1S/C29H26N4OS/c1-20-10-14-26(15-11-20)33-27(31-32-29(33)35-19-22-7-5-6-21(2)16-22)18-30-28(34)25-13-12-23-8-3-4-9-24(23)17-25/h3-17H,18-19H2,1-2H3,(H,30,34). The fourth-order valence-corrected chi connectivity index (χ4v) is 4.92. The van der Waals surface area contributed by atoms with Gasteiger partial charge in [0.2, 0.25) is 0 Å². The van der Waals surface area contributed by atoms with Gasteiger partial charge in [-0.25, -0.2) is 0 Å². The zero-order chi connectivity index (χ0) is 24.2. The summed E-state index contributed by atoms with van der Waals surface area (Å²) in [6.07, 6.45) is 0. The number of fused-ring (bicyclic) bond motifs is 1. The van der Waals surface area contributed by atoms with Crippen LogP contribution in [0.15, 0.2) is 96.2 Å². The lowest BCUT2D eigenvalue weighted by Gasteiger charge is -2.12. The first-order valence-electron chi connectivity index (χ1n) is 11.5. The highest BCUT2D eigenvalue weighted by Gasteiger charge is 2.16. The molecule has 4 aromatic carbocycles. The van der Waals surface area contributed by atoms with Crippen LogP contribution in [0.5, 0.6) is 0 Å². The van der Waals surface area contributed by atoms with Gasteiger partial charge in [0.1, 0.15) is 0 Å². The molecule has 5 aromatic rings. The molecule has 0 spiro atoms. The number of aromatic nitrogens is 3. The minimum Gasteiger partial charge on any atom is -0.345 e. The van der Waals surface area contributed by atoms with E-state index in [0.29, 0.717) is 11.4 Å². The van der Waals surface area contributed by atoms with E-state index in [-0.39, 0.29) is 12.5 Å². The molecule has 0 aliphatic carbocycles. The predicted molar refractivity (Wildman–Crippen MR) is 142 cm³/mol. The number of amides is 1. The summed E-state index contributed by atoms with van der Waals surface area (Å²) in [5.41, 5.74) is 5.25. The molecule has 0 saturated carbocycles. The number of benzene rings is 4. The molecule has 0 saturated heterocycles.